The molecule has 0 atom stereocenters. The molecule has 3 N–H and O–H groups in total. The van der Waals surface area contributed by atoms with E-state index >= 15 is 0 Å². The van der Waals surface area contributed by atoms with Gasteiger partial charge in [0.15, 0.2) is 6.61 Å². The first-order valence-electron chi connectivity index (χ1n) is 7.03. The number of hydrazone groups is 1. The molecule has 0 aliphatic carbocycles. The summed E-state index contributed by atoms with van der Waals surface area (Å²) in [7, 11) is 0. The van der Waals surface area contributed by atoms with Crippen LogP contribution in [0.15, 0.2) is 53.6 Å². The summed E-state index contributed by atoms with van der Waals surface area (Å²) in [4.78, 5) is 22.9. The second-order valence-corrected chi connectivity index (χ2v) is 5.34. The van der Waals surface area contributed by atoms with Crippen molar-refractivity contribution in [2.24, 2.45) is 5.10 Å². The standard InChI is InChI=1S/C16H13ClN4O3/c17-11-2-1-3-13(8-11)19-16(23)18-12-6-4-10(5-7-12)15-21-20-14(22)9-24-15/h1-8H,9H2,(H,20,22)(H2,18,19,23). The van der Waals surface area contributed by atoms with Crippen LogP contribution in [0.3, 0.4) is 0 Å². The highest BCUT2D eigenvalue weighted by Crippen LogP contribution is 2.16. The van der Waals surface area contributed by atoms with Crippen molar-refractivity contribution in [2.45, 2.75) is 0 Å². The van der Waals surface area contributed by atoms with Gasteiger partial charge in [0.2, 0.25) is 5.90 Å². The number of carbonyl (C=O) groups is 2. The van der Waals surface area contributed by atoms with Crippen LogP contribution in [-0.4, -0.2) is 24.4 Å². The topological polar surface area (TPSA) is 91.8 Å². The van der Waals surface area contributed by atoms with Gasteiger partial charge in [0.1, 0.15) is 0 Å². The lowest BCUT2D eigenvalue weighted by Crippen LogP contribution is -2.32. The van der Waals surface area contributed by atoms with Gasteiger partial charge in [0, 0.05) is 22.0 Å². The van der Waals surface area contributed by atoms with E-state index in [1.54, 1.807) is 48.5 Å². The number of hydrogen-bond donors (Lipinski definition) is 3. The number of ether oxygens (including phenoxy) is 1. The minimum absolute atomic E-state index is 0.0686. The summed E-state index contributed by atoms with van der Waals surface area (Å²) in [6.45, 7) is -0.0686. The first-order valence-corrected chi connectivity index (χ1v) is 7.41. The molecule has 2 aromatic rings. The van der Waals surface area contributed by atoms with Gasteiger partial charge in [-0.05, 0) is 42.5 Å². The Morgan fingerprint density at radius 2 is 1.88 bits per heavy atom. The predicted octanol–water partition coefficient (Wildman–Crippen LogP) is 2.79. The lowest BCUT2D eigenvalue weighted by molar-refractivity contribution is -0.124. The molecule has 24 heavy (non-hydrogen) atoms. The van der Waals surface area contributed by atoms with Crippen LogP contribution in [-0.2, 0) is 9.53 Å². The van der Waals surface area contributed by atoms with E-state index in [1.165, 1.54) is 0 Å². The molecule has 3 amide bonds. The fourth-order valence-electron chi connectivity index (χ4n) is 2.02. The van der Waals surface area contributed by atoms with Crippen molar-refractivity contribution < 1.29 is 14.3 Å². The van der Waals surface area contributed by atoms with Crippen molar-refractivity contribution in [1.82, 2.24) is 5.43 Å². The molecule has 0 unspecified atom stereocenters. The fraction of sp³-hybridized carbons (Fsp3) is 0.0625. The van der Waals surface area contributed by atoms with E-state index in [0.29, 0.717) is 27.9 Å². The van der Waals surface area contributed by atoms with Gasteiger partial charge < -0.3 is 15.4 Å². The van der Waals surface area contributed by atoms with Gasteiger partial charge in [-0.2, -0.15) is 0 Å². The van der Waals surface area contributed by atoms with Crippen molar-refractivity contribution >= 4 is 40.8 Å². The first kappa shape index (κ1) is 15.8. The number of rotatable bonds is 3. The van der Waals surface area contributed by atoms with Gasteiger partial charge in [0.25, 0.3) is 5.91 Å². The number of urea groups is 1. The molecule has 0 radical (unpaired) electrons. The van der Waals surface area contributed by atoms with Crippen LogP contribution in [0.4, 0.5) is 16.2 Å². The summed E-state index contributed by atoms with van der Waals surface area (Å²) in [5, 5.41) is 9.74. The first-order chi connectivity index (χ1) is 11.6. The van der Waals surface area contributed by atoms with Gasteiger partial charge in [0.05, 0.1) is 0 Å². The number of anilines is 2. The second-order valence-electron chi connectivity index (χ2n) is 4.91. The fourth-order valence-corrected chi connectivity index (χ4v) is 2.21. The Balaban J connectivity index is 1.61. The molecule has 3 rings (SSSR count). The molecule has 0 saturated heterocycles. The highest BCUT2D eigenvalue weighted by atomic mass is 35.5. The summed E-state index contributed by atoms with van der Waals surface area (Å²) in [6, 6.07) is 13.3. The molecule has 0 fully saturated rings. The summed E-state index contributed by atoms with van der Waals surface area (Å²) >= 11 is 5.87. The van der Waals surface area contributed by atoms with Crippen LogP contribution in [0.2, 0.25) is 5.02 Å². The van der Waals surface area contributed by atoms with Crippen LogP contribution in [0.1, 0.15) is 5.56 Å². The number of amides is 3. The lowest BCUT2D eigenvalue weighted by Gasteiger charge is -2.14. The van der Waals surface area contributed by atoms with Crippen molar-refractivity contribution in [3.8, 4) is 0 Å². The maximum atomic E-state index is 12.0. The molecule has 8 heteroatoms. The molecule has 1 heterocycles. The highest BCUT2D eigenvalue weighted by molar-refractivity contribution is 6.30. The molecule has 7 nitrogen and oxygen atoms in total. The van der Waals surface area contributed by atoms with Gasteiger partial charge in [-0.1, -0.05) is 17.7 Å². The number of nitrogens with one attached hydrogen (secondary N) is 3. The number of halogens is 1. The average molecular weight is 345 g/mol. The van der Waals surface area contributed by atoms with Gasteiger partial charge in [-0.3, -0.25) is 4.79 Å². The van der Waals surface area contributed by atoms with Crippen LogP contribution >= 0.6 is 11.6 Å². The highest BCUT2D eigenvalue weighted by Gasteiger charge is 2.14. The average Bonchev–Trinajstić information content (AvgIpc) is 2.56. The van der Waals surface area contributed by atoms with E-state index < -0.39 is 0 Å². The molecular weight excluding hydrogens is 332 g/mol. The molecular formula is C16H13ClN4O3. The Morgan fingerprint density at radius 1 is 1.12 bits per heavy atom. The Morgan fingerprint density at radius 3 is 2.54 bits per heavy atom. The van der Waals surface area contributed by atoms with Crippen LogP contribution in [0, 0.1) is 0 Å². The van der Waals surface area contributed by atoms with Crippen molar-refractivity contribution in [2.75, 3.05) is 17.2 Å². The molecule has 0 bridgehead atoms. The number of hydrogen-bond acceptors (Lipinski definition) is 4. The third kappa shape index (κ3) is 4.02. The zero-order chi connectivity index (χ0) is 16.9. The zero-order valence-corrected chi connectivity index (χ0v) is 13.1. The molecule has 122 valence electrons. The van der Waals surface area contributed by atoms with E-state index in [0.717, 1.165) is 0 Å². The summed E-state index contributed by atoms with van der Waals surface area (Å²) < 4.78 is 5.21. The summed E-state index contributed by atoms with van der Waals surface area (Å²) in [5.41, 5.74) is 4.22. The van der Waals surface area contributed by atoms with Crippen LogP contribution in [0.5, 0.6) is 0 Å². The van der Waals surface area contributed by atoms with E-state index in [2.05, 4.69) is 21.2 Å². The maximum Gasteiger partial charge on any atom is 0.323 e. The molecule has 1 aliphatic heterocycles. The number of benzene rings is 2. The predicted molar refractivity (Wildman–Crippen MR) is 91.2 cm³/mol. The number of nitrogens with zero attached hydrogens (tertiary/aromatic N) is 1. The Hall–Kier alpha value is -3.06. The Bertz CT molecular complexity index is 805. The van der Waals surface area contributed by atoms with Crippen LogP contribution in [0.25, 0.3) is 0 Å². The van der Waals surface area contributed by atoms with E-state index in [4.69, 9.17) is 16.3 Å². The summed E-state index contributed by atoms with van der Waals surface area (Å²) in [5.74, 6) is 0.0271. The largest absolute Gasteiger partial charge is 0.466 e. The van der Waals surface area contributed by atoms with Crippen molar-refractivity contribution in [3.63, 3.8) is 0 Å². The zero-order valence-electron chi connectivity index (χ0n) is 12.4. The number of carbonyl (C=O) groups excluding carboxylic acids is 2. The molecule has 0 spiro atoms. The van der Waals surface area contributed by atoms with E-state index in [9.17, 15) is 9.59 Å². The third-order valence-electron chi connectivity index (χ3n) is 3.09. The van der Waals surface area contributed by atoms with E-state index in [1.807, 2.05) is 0 Å². The van der Waals surface area contributed by atoms with Crippen molar-refractivity contribution in [3.05, 3.63) is 59.1 Å². The minimum Gasteiger partial charge on any atom is -0.466 e. The lowest BCUT2D eigenvalue weighted by atomic mass is 10.2. The Kier molecular flexibility index (Phi) is 4.62. The minimum atomic E-state index is -0.386. The van der Waals surface area contributed by atoms with E-state index in [-0.39, 0.29) is 18.5 Å². The van der Waals surface area contributed by atoms with Crippen molar-refractivity contribution in [1.29, 1.82) is 0 Å². The second kappa shape index (κ2) is 7.01. The van der Waals surface area contributed by atoms with Crippen LogP contribution < -0.4 is 16.1 Å². The molecule has 1 aliphatic rings. The maximum absolute atomic E-state index is 12.0. The molecule has 0 saturated carbocycles. The normalized spacial score (nSPS) is 13.4. The van der Waals surface area contributed by atoms with Gasteiger partial charge in [-0.25, -0.2) is 10.2 Å². The van der Waals surface area contributed by atoms with Gasteiger partial charge in [-0.15, -0.1) is 5.10 Å². The third-order valence-corrected chi connectivity index (χ3v) is 3.33. The quantitative estimate of drug-likeness (QED) is 0.799. The molecule has 0 aromatic heterocycles. The SMILES string of the molecule is O=C1COC(c2ccc(NC(=O)Nc3cccc(Cl)c3)cc2)=NN1. The summed E-state index contributed by atoms with van der Waals surface area (Å²) in [6.07, 6.45) is 0. The molecule has 2 aromatic carbocycles. The van der Waals surface area contributed by atoms with Gasteiger partial charge >= 0.3 is 6.03 Å². The Labute approximate surface area is 142 Å². The smallest absolute Gasteiger partial charge is 0.323 e. The monoisotopic (exact) mass is 344 g/mol.